The monoisotopic (exact) mass is 473 g/mol. The van der Waals surface area contributed by atoms with Crippen LogP contribution in [0.25, 0.3) is 0 Å². The number of halogens is 1. The van der Waals surface area contributed by atoms with Crippen molar-refractivity contribution in [3.63, 3.8) is 0 Å². The summed E-state index contributed by atoms with van der Waals surface area (Å²) in [7, 11) is 0. The molecule has 1 aliphatic heterocycles. The summed E-state index contributed by atoms with van der Waals surface area (Å²) in [6, 6.07) is 7.82. The summed E-state index contributed by atoms with van der Waals surface area (Å²) >= 11 is 7.37. The molecule has 0 saturated carbocycles. The van der Waals surface area contributed by atoms with E-state index >= 15 is 0 Å². The van der Waals surface area contributed by atoms with E-state index in [1.807, 2.05) is 26.8 Å². The molecule has 1 aromatic heterocycles. The van der Waals surface area contributed by atoms with Crippen molar-refractivity contribution < 1.29 is 14.4 Å². The Hall–Kier alpha value is -3.09. The van der Waals surface area contributed by atoms with Crippen LogP contribution in [-0.4, -0.2) is 42.4 Å². The van der Waals surface area contributed by atoms with Gasteiger partial charge in [0, 0.05) is 36.6 Å². The SMILES string of the molecule is CC(C)(C)c1cc(C(=O)N2CCNC(=O)CC2)c(NC(=O)Nc2ccc(C#N)c(Cl)c2)s1. The maximum Gasteiger partial charge on any atom is 0.324 e. The Kier molecular flexibility index (Phi) is 7.06. The molecule has 3 rings (SSSR count). The van der Waals surface area contributed by atoms with Gasteiger partial charge in [0.25, 0.3) is 5.91 Å². The van der Waals surface area contributed by atoms with Gasteiger partial charge in [0.2, 0.25) is 5.91 Å². The molecule has 0 spiro atoms. The standard InChI is InChI=1S/C22H24ClN5O3S/c1-22(2,3)17-11-15(20(30)28-8-6-18(29)25-7-9-28)19(32-17)27-21(31)26-14-5-4-13(12-24)16(23)10-14/h4-5,10-11H,6-9H2,1-3H3,(H,25,29)(H2,26,27,31). The number of carbonyl (C=O) groups is 3. The number of benzene rings is 1. The van der Waals surface area contributed by atoms with E-state index in [9.17, 15) is 14.4 Å². The average molecular weight is 474 g/mol. The smallest absolute Gasteiger partial charge is 0.324 e. The lowest BCUT2D eigenvalue weighted by molar-refractivity contribution is -0.120. The molecule has 1 fully saturated rings. The number of hydrogen-bond acceptors (Lipinski definition) is 5. The fraction of sp³-hybridized carbons (Fsp3) is 0.364. The van der Waals surface area contributed by atoms with Gasteiger partial charge in [-0.1, -0.05) is 32.4 Å². The molecule has 2 aromatic rings. The first-order valence-electron chi connectivity index (χ1n) is 10.1. The fourth-order valence-electron chi connectivity index (χ4n) is 3.10. The third-order valence-corrected chi connectivity index (χ3v) is 6.66. The summed E-state index contributed by atoms with van der Waals surface area (Å²) in [5.74, 6) is -0.315. The van der Waals surface area contributed by atoms with Crippen molar-refractivity contribution in [3.05, 3.63) is 45.3 Å². The highest BCUT2D eigenvalue weighted by Gasteiger charge is 2.28. The topological polar surface area (TPSA) is 114 Å². The molecule has 1 saturated heterocycles. The van der Waals surface area contributed by atoms with E-state index in [2.05, 4.69) is 16.0 Å². The Morgan fingerprint density at radius 2 is 1.97 bits per heavy atom. The lowest BCUT2D eigenvalue weighted by Crippen LogP contribution is -2.34. The highest BCUT2D eigenvalue weighted by atomic mass is 35.5. The van der Waals surface area contributed by atoms with Gasteiger partial charge in [0.15, 0.2) is 0 Å². The van der Waals surface area contributed by atoms with Crippen LogP contribution in [-0.2, 0) is 10.2 Å². The highest BCUT2D eigenvalue weighted by Crippen LogP contribution is 2.37. The first-order chi connectivity index (χ1) is 15.1. The van der Waals surface area contributed by atoms with E-state index in [0.29, 0.717) is 41.4 Å². The molecular weight excluding hydrogens is 450 g/mol. The van der Waals surface area contributed by atoms with E-state index in [0.717, 1.165) is 4.88 Å². The number of anilines is 2. The molecule has 4 amide bonds. The number of amides is 4. The minimum atomic E-state index is -0.533. The first kappa shape index (κ1) is 23.6. The largest absolute Gasteiger partial charge is 0.354 e. The molecule has 0 bridgehead atoms. The van der Waals surface area contributed by atoms with Crippen LogP contribution < -0.4 is 16.0 Å². The Bertz CT molecular complexity index is 1100. The molecule has 0 atom stereocenters. The molecule has 3 N–H and O–H groups in total. The van der Waals surface area contributed by atoms with Crippen LogP contribution in [0.5, 0.6) is 0 Å². The van der Waals surface area contributed by atoms with Gasteiger partial charge in [0.05, 0.1) is 16.1 Å². The van der Waals surface area contributed by atoms with E-state index in [4.69, 9.17) is 16.9 Å². The summed E-state index contributed by atoms with van der Waals surface area (Å²) in [5, 5.41) is 17.9. The molecule has 8 nitrogen and oxygen atoms in total. The predicted octanol–water partition coefficient (Wildman–Crippen LogP) is 4.18. The van der Waals surface area contributed by atoms with Gasteiger partial charge in [0.1, 0.15) is 11.1 Å². The van der Waals surface area contributed by atoms with Crippen molar-refractivity contribution in [2.45, 2.75) is 32.6 Å². The third-order valence-electron chi connectivity index (χ3n) is 4.88. The lowest BCUT2D eigenvalue weighted by Gasteiger charge is -2.20. The zero-order chi connectivity index (χ0) is 23.5. The molecule has 0 aliphatic carbocycles. The van der Waals surface area contributed by atoms with Gasteiger partial charge in [-0.3, -0.25) is 14.9 Å². The highest BCUT2D eigenvalue weighted by molar-refractivity contribution is 7.16. The van der Waals surface area contributed by atoms with Gasteiger partial charge in [-0.05, 0) is 29.7 Å². The van der Waals surface area contributed by atoms with Gasteiger partial charge >= 0.3 is 6.03 Å². The van der Waals surface area contributed by atoms with E-state index in [1.165, 1.54) is 23.5 Å². The van der Waals surface area contributed by atoms with E-state index in [1.54, 1.807) is 17.0 Å². The Balaban J connectivity index is 1.83. The van der Waals surface area contributed by atoms with E-state index in [-0.39, 0.29) is 28.7 Å². The maximum absolute atomic E-state index is 13.2. The van der Waals surface area contributed by atoms with Crippen LogP contribution in [0.1, 0.15) is 48.0 Å². The molecule has 1 aliphatic rings. The van der Waals surface area contributed by atoms with E-state index < -0.39 is 6.03 Å². The van der Waals surface area contributed by atoms with Crippen molar-refractivity contribution in [1.29, 1.82) is 5.26 Å². The Labute approximate surface area is 195 Å². The van der Waals surface area contributed by atoms with Crippen molar-refractivity contribution in [2.24, 2.45) is 0 Å². The molecule has 0 radical (unpaired) electrons. The molecule has 10 heteroatoms. The number of nitriles is 1. The molecule has 168 valence electrons. The van der Waals surface area contributed by atoms with Crippen LogP contribution in [0.15, 0.2) is 24.3 Å². The van der Waals surface area contributed by atoms with Crippen molar-refractivity contribution in [2.75, 3.05) is 30.3 Å². The normalized spacial score (nSPS) is 14.2. The molecule has 1 aromatic carbocycles. The number of carbonyl (C=O) groups excluding carboxylic acids is 3. The first-order valence-corrected chi connectivity index (χ1v) is 11.3. The van der Waals surface area contributed by atoms with Crippen LogP contribution in [0.2, 0.25) is 5.02 Å². The average Bonchev–Trinajstić information content (AvgIpc) is 3.02. The van der Waals surface area contributed by atoms with Crippen LogP contribution in [0.3, 0.4) is 0 Å². The predicted molar refractivity (Wildman–Crippen MR) is 125 cm³/mol. The second kappa shape index (κ2) is 9.59. The number of nitrogens with one attached hydrogen (secondary N) is 3. The lowest BCUT2D eigenvalue weighted by atomic mass is 9.94. The summed E-state index contributed by atoms with van der Waals surface area (Å²) in [4.78, 5) is 40.1. The molecule has 2 heterocycles. The zero-order valence-corrected chi connectivity index (χ0v) is 19.6. The molecule has 0 unspecified atom stereocenters. The Morgan fingerprint density at radius 3 is 2.62 bits per heavy atom. The van der Waals surface area contributed by atoms with Gasteiger partial charge in [-0.2, -0.15) is 5.26 Å². The van der Waals surface area contributed by atoms with Crippen LogP contribution in [0, 0.1) is 11.3 Å². The number of urea groups is 1. The van der Waals surface area contributed by atoms with Gasteiger partial charge in [-0.15, -0.1) is 11.3 Å². The summed E-state index contributed by atoms with van der Waals surface area (Å²) in [6.07, 6.45) is 0.241. The quantitative estimate of drug-likeness (QED) is 0.620. The number of rotatable bonds is 3. The van der Waals surface area contributed by atoms with Crippen molar-refractivity contribution >= 4 is 51.5 Å². The molecule has 32 heavy (non-hydrogen) atoms. The molecular formula is C22H24ClN5O3S. The van der Waals surface area contributed by atoms with Gasteiger partial charge in [-0.25, -0.2) is 4.79 Å². The van der Waals surface area contributed by atoms with Crippen molar-refractivity contribution in [1.82, 2.24) is 10.2 Å². The fourth-order valence-corrected chi connectivity index (χ4v) is 4.43. The number of nitrogens with zero attached hydrogens (tertiary/aromatic N) is 2. The Morgan fingerprint density at radius 1 is 1.22 bits per heavy atom. The summed E-state index contributed by atoms with van der Waals surface area (Å²) < 4.78 is 0. The zero-order valence-electron chi connectivity index (χ0n) is 18.0. The minimum Gasteiger partial charge on any atom is -0.354 e. The number of thiophene rings is 1. The van der Waals surface area contributed by atoms with Crippen LogP contribution >= 0.6 is 22.9 Å². The van der Waals surface area contributed by atoms with Crippen LogP contribution in [0.4, 0.5) is 15.5 Å². The second-order valence-corrected chi connectivity index (χ2v) is 9.84. The van der Waals surface area contributed by atoms with Crippen molar-refractivity contribution in [3.8, 4) is 6.07 Å². The maximum atomic E-state index is 13.2. The third kappa shape index (κ3) is 5.58. The summed E-state index contributed by atoms with van der Waals surface area (Å²) in [6.45, 7) is 7.21. The minimum absolute atomic E-state index is 0.0835. The summed E-state index contributed by atoms with van der Waals surface area (Å²) in [5.41, 5.74) is 0.905. The number of hydrogen-bond donors (Lipinski definition) is 3. The van der Waals surface area contributed by atoms with Gasteiger partial charge < -0.3 is 15.5 Å². The second-order valence-electron chi connectivity index (χ2n) is 8.38.